The van der Waals surface area contributed by atoms with Crippen molar-refractivity contribution in [1.82, 2.24) is 10.3 Å². The SMILES string of the molecule is CC(C)CNCc1ccc(N2CCc3ccccc32)nc1. The summed E-state index contributed by atoms with van der Waals surface area (Å²) in [5.74, 6) is 1.73. The molecule has 0 fully saturated rings. The molecule has 3 rings (SSSR count). The Hall–Kier alpha value is -1.87. The monoisotopic (exact) mass is 281 g/mol. The van der Waals surface area contributed by atoms with Gasteiger partial charge in [0, 0.05) is 25.0 Å². The van der Waals surface area contributed by atoms with Crippen molar-refractivity contribution in [2.24, 2.45) is 5.92 Å². The predicted octanol–water partition coefficient (Wildman–Crippen LogP) is 3.52. The lowest BCUT2D eigenvalue weighted by atomic mass is 10.2. The summed E-state index contributed by atoms with van der Waals surface area (Å²) in [7, 11) is 0. The highest BCUT2D eigenvalue weighted by molar-refractivity contribution is 5.67. The molecule has 0 saturated carbocycles. The Morgan fingerprint density at radius 1 is 1.19 bits per heavy atom. The highest BCUT2D eigenvalue weighted by atomic mass is 15.2. The van der Waals surface area contributed by atoms with E-state index in [2.05, 4.69) is 65.4 Å². The van der Waals surface area contributed by atoms with E-state index in [0.29, 0.717) is 5.92 Å². The molecule has 0 unspecified atom stereocenters. The summed E-state index contributed by atoms with van der Waals surface area (Å²) < 4.78 is 0. The van der Waals surface area contributed by atoms with Gasteiger partial charge in [0.2, 0.25) is 0 Å². The summed E-state index contributed by atoms with van der Waals surface area (Å²) in [5.41, 5.74) is 3.96. The Bertz CT molecular complexity index is 590. The second-order valence-electron chi connectivity index (χ2n) is 6.08. The van der Waals surface area contributed by atoms with Gasteiger partial charge in [-0.3, -0.25) is 0 Å². The number of nitrogens with one attached hydrogen (secondary N) is 1. The van der Waals surface area contributed by atoms with Crippen molar-refractivity contribution in [2.75, 3.05) is 18.0 Å². The van der Waals surface area contributed by atoms with Gasteiger partial charge in [-0.2, -0.15) is 0 Å². The third-order valence-corrected chi connectivity index (χ3v) is 3.85. The number of hydrogen-bond acceptors (Lipinski definition) is 3. The van der Waals surface area contributed by atoms with Gasteiger partial charge < -0.3 is 10.2 Å². The minimum Gasteiger partial charge on any atom is -0.326 e. The molecule has 3 nitrogen and oxygen atoms in total. The summed E-state index contributed by atoms with van der Waals surface area (Å²) >= 11 is 0. The fraction of sp³-hybridized carbons (Fsp3) is 0.389. The third kappa shape index (κ3) is 3.24. The van der Waals surface area contributed by atoms with Crippen molar-refractivity contribution in [3.8, 4) is 0 Å². The molecule has 21 heavy (non-hydrogen) atoms. The van der Waals surface area contributed by atoms with E-state index in [0.717, 1.165) is 31.9 Å². The van der Waals surface area contributed by atoms with Crippen LogP contribution in [0.5, 0.6) is 0 Å². The summed E-state index contributed by atoms with van der Waals surface area (Å²) in [6.45, 7) is 7.40. The number of hydrogen-bond donors (Lipinski definition) is 1. The molecule has 1 N–H and O–H groups in total. The number of pyridine rings is 1. The fourth-order valence-corrected chi connectivity index (χ4v) is 2.76. The van der Waals surface area contributed by atoms with Crippen molar-refractivity contribution in [3.05, 3.63) is 53.7 Å². The number of rotatable bonds is 5. The van der Waals surface area contributed by atoms with E-state index in [-0.39, 0.29) is 0 Å². The molecule has 1 aliphatic heterocycles. The summed E-state index contributed by atoms with van der Waals surface area (Å²) in [4.78, 5) is 6.95. The second-order valence-corrected chi connectivity index (χ2v) is 6.08. The Morgan fingerprint density at radius 2 is 2.05 bits per heavy atom. The standard InChI is InChI=1S/C18H23N3/c1-14(2)11-19-12-15-7-8-18(20-13-15)21-10-9-16-5-3-4-6-17(16)21/h3-8,13-14,19H,9-12H2,1-2H3. The first-order chi connectivity index (χ1) is 10.2. The molecular formula is C18H23N3. The van der Waals surface area contributed by atoms with Crippen LogP contribution in [0, 0.1) is 5.92 Å². The predicted molar refractivity (Wildman–Crippen MR) is 87.9 cm³/mol. The molecule has 0 radical (unpaired) electrons. The van der Waals surface area contributed by atoms with E-state index >= 15 is 0 Å². The van der Waals surface area contributed by atoms with E-state index in [1.165, 1.54) is 16.8 Å². The van der Waals surface area contributed by atoms with Gasteiger partial charge in [-0.05, 0) is 42.1 Å². The lowest BCUT2D eigenvalue weighted by Gasteiger charge is -2.18. The Morgan fingerprint density at radius 3 is 2.81 bits per heavy atom. The first-order valence-electron chi connectivity index (χ1n) is 7.75. The lowest BCUT2D eigenvalue weighted by Crippen LogP contribution is -2.19. The molecule has 0 atom stereocenters. The van der Waals surface area contributed by atoms with Crippen molar-refractivity contribution >= 4 is 11.5 Å². The smallest absolute Gasteiger partial charge is 0.132 e. The Labute approximate surface area is 127 Å². The van der Waals surface area contributed by atoms with Gasteiger partial charge in [-0.15, -0.1) is 0 Å². The van der Waals surface area contributed by atoms with Crippen molar-refractivity contribution < 1.29 is 0 Å². The van der Waals surface area contributed by atoms with Crippen LogP contribution in [0.1, 0.15) is 25.0 Å². The van der Waals surface area contributed by atoms with E-state index in [9.17, 15) is 0 Å². The molecule has 0 spiro atoms. The molecule has 0 bridgehead atoms. The minimum absolute atomic E-state index is 0.679. The summed E-state index contributed by atoms with van der Waals surface area (Å²) in [6.07, 6.45) is 3.10. The molecule has 3 heteroatoms. The molecule has 0 saturated heterocycles. The maximum atomic E-state index is 4.64. The van der Waals surface area contributed by atoms with Crippen LogP contribution >= 0.6 is 0 Å². The van der Waals surface area contributed by atoms with Crippen LogP contribution in [0.25, 0.3) is 0 Å². The maximum absolute atomic E-state index is 4.64. The molecule has 2 aromatic rings. The van der Waals surface area contributed by atoms with E-state index in [1.807, 2.05) is 6.20 Å². The number of anilines is 2. The van der Waals surface area contributed by atoms with Crippen LogP contribution in [-0.4, -0.2) is 18.1 Å². The van der Waals surface area contributed by atoms with Crippen LogP contribution < -0.4 is 10.2 Å². The Kier molecular flexibility index (Phi) is 4.20. The first-order valence-corrected chi connectivity index (χ1v) is 7.75. The lowest BCUT2D eigenvalue weighted by molar-refractivity contribution is 0.552. The van der Waals surface area contributed by atoms with Gasteiger partial charge in [-0.25, -0.2) is 4.98 Å². The number of fused-ring (bicyclic) bond motifs is 1. The number of nitrogens with zero attached hydrogens (tertiary/aromatic N) is 2. The van der Waals surface area contributed by atoms with Gasteiger partial charge in [0.25, 0.3) is 0 Å². The van der Waals surface area contributed by atoms with Crippen LogP contribution in [0.3, 0.4) is 0 Å². The van der Waals surface area contributed by atoms with E-state index in [4.69, 9.17) is 0 Å². The molecule has 1 aromatic carbocycles. The van der Waals surface area contributed by atoms with Crippen molar-refractivity contribution in [1.29, 1.82) is 0 Å². The fourth-order valence-electron chi connectivity index (χ4n) is 2.76. The molecule has 0 aliphatic carbocycles. The van der Waals surface area contributed by atoms with Gasteiger partial charge >= 0.3 is 0 Å². The highest BCUT2D eigenvalue weighted by Crippen LogP contribution is 2.32. The van der Waals surface area contributed by atoms with E-state index in [1.54, 1.807) is 0 Å². The average Bonchev–Trinajstić information content (AvgIpc) is 2.92. The summed E-state index contributed by atoms with van der Waals surface area (Å²) in [5, 5.41) is 3.45. The van der Waals surface area contributed by atoms with Crippen molar-refractivity contribution in [3.63, 3.8) is 0 Å². The van der Waals surface area contributed by atoms with Crippen molar-refractivity contribution in [2.45, 2.75) is 26.8 Å². The molecule has 0 amide bonds. The topological polar surface area (TPSA) is 28.2 Å². The minimum atomic E-state index is 0.679. The van der Waals surface area contributed by atoms with Gasteiger partial charge in [0.1, 0.15) is 5.82 Å². The largest absolute Gasteiger partial charge is 0.326 e. The van der Waals surface area contributed by atoms with Crippen LogP contribution in [0.4, 0.5) is 11.5 Å². The van der Waals surface area contributed by atoms with Crippen LogP contribution in [-0.2, 0) is 13.0 Å². The van der Waals surface area contributed by atoms with E-state index < -0.39 is 0 Å². The highest BCUT2D eigenvalue weighted by Gasteiger charge is 2.20. The van der Waals surface area contributed by atoms with Crippen LogP contribution in [0.15, 0.2) is 42.6 Å². The van der Waals surface area contributed by atoms with Gasteiger partial charge in [-0.1, -0.05) is 38.1 Å². The molecule has 1 aromatic heterocycles. The zero-order valence-electron chi connectivity index (χ0n) is 12.8. The molecule has 110 valence electrons. The maximum Gasteiger partial charge on any atom is 0.132 e. The number of aromatic nitrogens is 1. The quantitative estimate of drug-likeness (QED) is 0.909. The number of para-hydroxylation sites is 1. The molecular weight excluding hydrogens is 258 g/mol. The second kappa shape index (κ2) is 6.27. The zero-order chi connectivity index (χ0) is 14.7. The Balaban J connectivity index is 1.68. The van der Waals surface area contributed by atoms with Crippen LogP contribution in [0.2, 0.25) is 0 Å². The zero-order valence-corrected chi connectivity index (χ0v) is 12.8. The average molecular weight is 281 g/mol. The van der Waals surface area contributed by atoms with Gasteiger partial charge in [0.05, 0.1) is 0 Å². The van der Waals surface area contributed by atoms with Gasteiger partial charge in [0.15, 0.2) is 0 Å². The normalized spacial score (nSPS) is 13.8. The first kappa shape index (κ1) is 14.1. The summed E-state index contributed by atoms with van der Waals surface area (Å²) in [6, 6.07) is 12.9. The number of benzene rings is 1. The third-order valence-electron chi connectivity index (χ3n) is 3.85. The molecule has 1 aliphatic rings. The molecule has 2 heterocycles.